The number of alkyl halides is 1. The summed E-state index contributed by atoms with van der Waals surface area (Å²) in [5.41, 5.74) is 0.833. The van der Waals surface area contributed by atoms with E-state index in [0.29, 0.717) is 4.83 Å². The summed E-state index contributed by atoms with van der Waals surface area (Å²) in [4.78, 5) is 0.331. The molecule has 1 unspecified atom stereocenters. The van der Waals surface area contributed by atoms with Crippen LogP contribution in [0.1, 0.15) is 13.3 Å². The van der Waals surface area contributed by atoms with Crippen LogP contribution in [0, 0.1) is 0 Å². The van der Waals surface area contributed by atoms with E-state index < -0.39 is 0 Å². The summed E-state index contributed by atoms with van der Waals surface area (Å²) in [6.45, 7) is 1.81. The van der Waals surface area contributed by atoms with Gasteiger partial charge < -0.3 is 0 Å². The van der Waals surface area contributed by atoms with E-state index in [1.165, 1.54) is 6.08 Å². The largest absolute Gasteiger partial charge is 0.207 e. The molecule has 0 aromatic heterocycles. The fraction of sp³-hybridized carbons (Fsp3) is 0.429. The first-order valence-electron chi connectivity index (χ1n) is 2.87. The summed E-state index contributed by atoms with van der Waals surface area (Å²) in [6.07, 6.45) is 4.13. The van der Waals surface area contributed by atoms with Gasteiger partial charge in [0.15, 0.2) is 0 Å². The Labute approximate surface area is 62.6 Å². The predicted molar refractivity (Wildman–Crippen MR) is 40.3 cm³/mol. The smallest absolute Gasteiger partial charge is 0.121 e. The molecule has 9 heavy (non-hydrogen) atoms. The second-order valence-corrected chi connectivity index (χ2v) is 3.38. The Morgan fingerprint density at radius 1 is 1.78 bits per heavy atom. The minimum Gasteiger partial charge on any atom is -0.207 e. The maximum Gasteiger partial charge on any atom is 0.121 e. The minimum absolute atomic E-state index is 0.0781. The Morgan fingerprint density at radius 2 is 2.44 bits per heavy atom. The van der Waals surface area contributed by atoms with E-state index in [9.17, 15) is 4.39 Å². The molecule has 2 heteroatoms. The lowest BCUT2D eigenvalue weighted by atomic mass is 10.1. The van der Waals surface area contributed by atoms with Gasteiger partial charge in [0.25, 0.3) is 0 Å². The van der Waals surface area contributed by atoms with Crippen LogP contribution in [0.3, 0.4) is 0 Å². The van der Waals surface area contributed by atoms with Crippen molar-refractivity contribution in [2.45, 2.75) is 18.2 Å². The van der Waals surface area contributed by atoms with Crippen molar-refractivity contribution in [3.63, 3.8) is 0 Å². The molecule has 1 aliphatic carbocycles. The standard InChI is InChI=1S/C7H8BrF/c1-5-4-6(8)2-3-7(5)9/h2-3,6H,4H2,1H3. The lowest BCUT2D eigenvalue weighted by Crippen LogP contribution is -1.99. The van der Waals surface area contributed by atoms with E-state index >= 15 is 0 Å². The highest BCUT2D eigenvalue weighted by Crippen LogP contribution is 2.23. The Morgan fingerprint density at radius 3 is 2.89 bits per heavy atom. The zero-order chi connectivity index (χ0) is 6.85. The molecular formula is C7H8BrF. The SMILES string of the molecule is CC1=C(F)C=CC(Br)C1. The van der Waals surface area contributed by atoms with E-state index in [-0.39, 0.29) is 5.83 Å². The van der Waals surface area contributed by atoms with Gasteiger partial charge in [-0.1, -0.05) is 22.0 Å². The first-order valence-corrected chi connectivity index (χ1v) is 3.79. The molecule has 0 spiro atoms. The summed E-state index contributed by atoms with van der Waals surface area (Å²) in [5, 5.41) is 0. The summed E-state index contributed by atoms with van der Waals surface area (Å²) >= 11 is 3.37. The van der Waals surface area contributed by atoms with Gasteiger partial charge in [-0.15, -0.1) is 0 Å². The van der Waals surface area contributed by atoms with Crippen molar-refractivity contribution >= 4 is 15.9 Å². The van der Waals surface area contributed by atoms with Crippen molar-refractivity contribution in [3.05, 3.63) is 23.6 Å². The molecule has 0 saturated heterocycles. The molecule has 0 N–H and O–H groups in total. The third-order valence-electron chi connectivity index (χ3n) is 1.36. The van der Waals surface area contributed by atoms with Crippen LogP contribution in [0.25, 0.3) is 0 Å². The van der Waals surface area contributed by atoms with Gasteiger partial charge in [-0.25, -0.2) is 4.39 Å². The highest BCUT2D eigenvalue weighted by molar-refractivity contribution is 9.09. The predicted octanol–water partition coefficient (Wildman–Crippen LogP) is 2.95. The summed E-state index contributed by atoms with van der Waals surface area (Å²) < 4.78 is 12.5. The lowest BCUT2D eigenvalue weighted by Gasteiger charge is -2.09. The number of halogens is 2. The molecular weight excluding hydrogens is 183 g/mol. The molecule has 1 aliphatic rings. The van der Waals surface area contributed by atoms with Crippen molar-refractivity contribution < 1.29 is 4.39 Å². The third kappa shape index (κ3) is 1.65. The van der Waals surface area contributed by atoms with Crippen LogP contribution in [-0.2, 0) is 0 Å². The molecule has 1 rings (SSSR count). The van der Waals surface area contributed by atoms with Crippen LogP contribution in [-0.4, -0.2) is 4.83 Å². The van der Waals surface area contributed by atoms with Gasteiger partial charge in [-0.05, 0) is 25.0 Å². The Bertz CT molecular complexity index is 170. The molecule has 0 aromatic rings. The molecule has 0 fully saturated rings. The molecule has 0 nitrogen and oxygen atoms in total. The van der Waals surface area contributed by atoms with E-state index in [1.807, 2.05) is 13.0 Å². The zero-order valence-electron chi connectivity index (χ0n) is 5.20. The summed E-state index contributed by atoms with van der Waals surface area (Å²) in [6, 6.07) is 0. The van der Waals surface area contributed by atoms with Crippen molar-refractivity contribution in [1.82, 2.24) is 0 Å². The molecule has 0 aliphatic heterocycles. The second kappa shape index (κ2) is 2.65. The lowest BCUT2D eigenvalue weighted by molar-refractivity contribution is 0.638. The van der Waals surface area contributed by atoms with E-state index in [0.717, 1.165) is 12.0 Å². The van der Waals surface area contributed by atoms with E-state index in [2.05, 4.69) is 15.9 Å². The quantitative estimate of drug-likeness (QED) is 0.516. The normalized spacial score (nSPS) is 27.2. The van der Waals surface area contributed by atoms with Crippen molar-refractivity contribution in [2.75, 3.05) is 0 Å². The number of hydrogen-bond acceptors (Lipinski definition) is 0. The van der Waals surface area contributed by atoms with Crippen LogP contribution in [0.2, 0.25) is 0 Å². The fourth-order valence-electron chi connectivity index (χ4n) is 0.789. The van der Waals surface area contributed by atoms with Crippen LogP contribution in [0.5, 0.6) is 0 Å². The van der Waals surface area contributed by atoms with Gasteiger partial charge in [-0.2, -0.15) is 0 Å². The number of allylic oxidation sites excluding steroid dienone is 4. The van der Waals surface area contributed by atoms with Crippen molar-refractivity contribution in [2.24, 2.45) is 0 Å². The van der Waals surface area contributed by atoms with Crippen LogP contribution >= 0.6 is 15.9 Å². The van der Waals surface area contributed by atoms with Gasteiger partial charge >= 0.3 is 0 Å². The maximum absolute atomic E-state index is 12.5. The van der Waals surface area contributed by atoms with Crippen LogP contribution < -0.4 is 0 Å². The third-order valence-corrected chi connectivity index (χ3v) is 1.99. The van der Waals surface area contributed by atoms with E-state index in [1.54, 1.807) is 0 Å². The molecule has 0 aromatic carbocycles. The Kier molecular flexibility index (Phi) is 2.06. The van der Waals surface area contributed by atoms with Crippen molar-refractivity contribution in [1.29, 1.82) is 0 Å². The monoisotopic (exact) mass is 190 g/mol. The topological polar surface area (TPSA) is 0 Å². The first kappa shape index (κ1) is 7.00. The highest BCUT2D eigenvalue weighted by Gasteiger charge is 2.09. The van der Waals surface area contributed by atoms with Crippen LogP contribution in [0.15, 0.2) is 23.6 Å². The highest BCUT2D eigenvalue weighted by atomic mass is 79.9. The summed E-state index contributed by atoms with van der Waals surface area (Å²) in [5.74, 6) is -0.0781. The Hall–Kier alpha value is -0.110. The van der Waals surface area contributed by atoms with Gasteiger partial charge in [0.05, 0.1) is 0 Å². The van der Waals surface area contributed by atoms with Crippen molar-refractivity contribution in [3.8, 4) is 0 Å². The van der Waals surface area contributed by atoms with Gasteiger partial charge in [0.1, 0.15) is 5.83 Å². The zero-order valence-corrected chi connectivity index (χ0v) is 6.78. The molecule has 0 bridgehead atoms. The molecule has 0 saturated carbocycles. The molecule has 0 radical (unpaired) electrons. The van der Waals surface area contributed by atoms with Crippen LogP contribution in [0.4, 0.5) is 4.39 Å². The second-order valence-electron chi connectivity index (χ2n) is 2.21. The van der Waals surface area contributed by atoms with Gasteiger partial charge in [0, 0.05) is 4.83 Å². The summed E-state index contributed by atoms with van der Waals surface area (Å²) in [7, 11) is 0. The number of hydrogen-bond donors (Lipinski definition) is 0. The fourth-order valence-corrected chi connectivity index (χ4v) is 1.43. The van der Waals surface area contributed by atoms with E-state index in [4.69, 9.17) is 0 Å². The average Bonchev–Trinajstić information content (AvgIpc) is 1.80. The first-order chi connectivity index (χ1) is 4.20. The molecule has 50 valence electrons. The number of rotatable bonds is 0. The minimum atomic E-state index is -0.0781. The van der Waals surface area contributed by atoms with Gasteiger partial charge in [-0.3, -0.25) is 0 Å². The Balaban J connectivity index is 2.75. The van der Waals surface area contributed by atoms with Gasteiger partial charge in [0.2, 0.25) is 0 Å². The maximum atomic E-state index is 12.5. The average molecular weight is 191 g/mol. The molecule has 0 amide bonds. The molecule has 0 heterocycles. The molecule has 1 atom stereocenters.